The molecule has 1 aromatic carbocycles. The summed E-state index contributed by atoms with van der Waals surface area (Å²) in [5.41, 5.74) is 0.646. The molecule has 3 atom stereocenters. The average Bonchev–Trinajstić information content (AvgIpc) is 2.43. The standard InChI is InChI=1S/C15H22N2O4/c1-4-16-11-9-13(15(11)20-5-2)21-12-8-6-7-10(3)14(12)17(18)19/h6-8,11,13,15-16H,4-5,9H2,1-3H3. The molecule has 0 saturated heterocycles. The summed E-state index contributed by atoms with van der Waals surface area (Å²) in [7, 11) is 0. The highest BCUT2D eigenvalue weighted by molar-refractivity contribution is 5.52. The number of aryl methyl sites for hydroxylation is 1. The van der Waals surface area contributed by atoms with Gasteiger partial charge in [-0.15, -0.1) is 0 Å². The van der Waals surface area contributed by atoms with Crippen LogP contribution in [-0.4, -0.2) is 36.3 Å². The Bertz CT molecular complexity index is 506. The van der Waals surface area contributed by atoms with Gasteiger partial charge in [0.1, 0.15) is 12.2 Å². The summed E-state index contributed by atoms with van der Waals surface area (Å²) < 4.78 is 11.6. The van der Waals surface area contributed by atoms with Crippen LogP contribution >= 0.6 is 0 Å². The Morgan fingerprint density at radius 3 is 2.81 bits per heavy atom. The third-order valence-electron chi connectivity index (χ3n) is 3.74. The predicted molar refractivity (Wildman–Crippen MR) is 79.7 cm³/mol. The molecule has 1 aliphatic rings. The summed E-state index contributed by atoms with van der Waals surface area (Å²) in [6, 6.07) is 5.39. The molecule has 6 heteroatoms. The van der Waals surface area contributed by atoms with Crippen LogP contribution in [0, 0.1) is 17.0 Å². The molecule has 1 aromatic rings. The van der Waals surface area contributed by atoms with Gasteiger partial charge in [-0.2, -0.15) is 0 Å². The molecule has 0 spiro atoms. The van der Waals surface area contributed by atoms with E-state index in [1.807, 2.05) is 13.8 Å². The van der Waals surface area contributed by atoms with E-state index in [4.69, 9.17) is 9.47 Å². The first-order valence-corrected chi connectivity index (χ1v) is 7.34. The van der Waals surface area contributed by atoms with E-state index in [0.29, 0.717) is 17.9 Å². The number of nitro groups is 1. The average molecular weight is 294 g/mol. The lowest BCUT2D eigenvalue weighted by Crippen LogP contribution is -2.61. The highest BCUT2D eigenvalue weighted by Crippen LogP contribution is 2.35. The summed E-state index contributed by atoms with van der Waals surface area (Å²) in [5, 5.41) is 14.5. The van der Waals surface area contributed by atoms with Crippen LogP contribution in [0.2, 0.25) is 0 Å². The first-order valence-electron chi connectivity index (χ1n) is 7.34. The van der Waals surface area contributed by atoms with Gasteiger partial charge in [0.25, 0.3) is 0 Å². The Hall–Kier alpha value is -1.66. The lowest BCUT2D eigenvalue weighted by molar-refractivity contribution is -0.386. The van der Waals surface area contributed by atoms with Crippen molar-refractivity contribution in [1.29, 1.82) is 0 Å². The molecule has 1 aliphatic carbocycles. The number of hydrogen-bond acceptors (Lipinski definition) is 5. The highest BCUT2D eigenvalue weighted by atomic mass is 16.6. The van der Waals surface area contributed by atoms with Crippen molar-refractivity contribution < 1.29 is 14.4 Å². The normalized spacial score (nSPS) is 24.4. The molecule has 3 unspecified atom stereocenters. The molecular weight excluding hydrogens is 272 g/mol. The molecule has 6 nitrogen and oxygen atoms in total. The Morgan fingerprint density at radius 1 is 1.43 bits per heavy atom. The summed E-state index contributed by atoms with van der Waals surface area (Å²) in [6.45, 7) is 7.16. The molecule has 0 heterocycles. The van der Waals surface area contributed by atoms with Crippen molar-refractivity contribution >= 4 is 5.69 Å². The van der Waals surface area contributed by atoms with Crippen LogP contribution < -0.4 is 10.1 Å². The van der Waals surface area contributed by atoms with Gasteiger partial charge >= 0.3 is 5.69 Å². The number of hydrogen-bond donors (Lipinski definition) is 1. The number of rotatable bonds is 7. The molecule has 0 aliphatic heterocycles. The maximum Gasteiger partial charge on any atom is 0.313 e. The van der Waals surface area contributed by atoms with Crippen molar-refractivity contribution in [3.8, 4) is 5.75 Å². The van der Waals surface area contributed by atoms with Crippen LogP contribution in [0.1, 0.15) is 25.8 Å². The first kappa shape index (κ1) is 15.7. The minimum Gasteiger partial charge on any atom is -0.481 e. The zero-order chi connectivity index (χ0) is 15.4. The van der Waals surface area contributed by atoms with E-state index >= 15 is 0 Å². The molecule has 1 saturated carbocycles. The molecule has 1 N–H and O–H groups in total. The maximum atomic E-state index is 11.2. The summed E-state index contributed by atoms with van der Waals surface area (Å²) in [5.74, 6) is 0.324. The van der Waals surface area contributed by atoms with Crippen molar-refractivity contribution in [3.63, 3.8) is 0 Å². The third kappa shape index (κ3) is 3.33. The van der Waals surface area contributed by atoms with E-state index in [9.17, 15) is 10.1 Å². The Labute approximate surface area is 124 Å². The van der Waals surface area contributed by atoms with Gasteiger partial charge in [-0.25, -0.2) is 0 Å². The van der Waals surface area contributed by atoms with Gasteiger partial charge in [-0.3, -0.25) is 10.1 Å². The van der Waals surface area contributed by atoms with Crippen molar-refractivity contribution in [1.82, 2.24) is 5.32 Å². The number of para-hydroxylation sites is 1. The molecule has 0 bridgehead atoms. The second kappa shape index (κ2) is 6.87. The van der Waals surface area contributed by atoms with Gasteiger partial charge in [0.05, 0.1) is 4.92 Å². The van der Waals surface area contributed by atoms with Gasteiger partial charge in [-0.05, 0) is 26.5 Å². The molecule has 0 radical (unpaired) electrons. The predicted octanol–water partition coefficient (Wildman–Crippen LogP) is 2.44. The van der Waals surface area contributed by atoms with Crippen molar-refractivity contribution in [2.24, 2.45) is 0 Å². The third-order valence-corrected chi connectivity index (χ3v) is 3.74. The number of nitrogens with one attached hydrogen (secondary N) is 1. The fourth-order valence-electron chi connectivity index (χ4n) is 2.70. The zero-order valence-corrected chi connectivity index (χ0v) is 12.7. The quantitative estimate of drug-likeness (QED) is 0.617. The lowest BCUT2D eigenvalue weighted by Gasteiger charge is -2.43. The number of nitro benzene ring substituents is 1. The van der Waals surface area contributed by atoms with E-state index in [-0.39, 0.29) is 28.9 Å². The Balaban J connectivity index is 2.12. The van der Waals surface area contributed by atoms with Crippen molar-refractivity contribution in [2.75, 3.05) is 13.2 Å². The van der Waals surface area contributed by atoms with Crippen molar-refractivity contribution in [3.05, 3.63) is 33.9 Å². The summed E-state index contributed by atoms with van der Waals surface area (Å²) >= 11 is 0. The number of benzene rings is 1. The monoisotopic (exact) mass is 294 g/mol. The number of nitrogens with zero attached hydrogens (tertiary/aromatic N) is 1. The fourth-order valence-corrected chi connectivity index (χ4v) is 2.70. The molecule has 116 valence electrons. The molecule has 21 heavy (non-hydrogen) atoms. The van der Waals surface area contributed by atoms with Crippen molar-refractivity contribution in [2.45, 2.75) is 45.4 Å². The van der Waals surface area contributed by atoms with E-state index in [1.54, 1.807) is 25.1 Å². The minimum absolute atomic E-state index is 0.0413. The van der Waals surface area contributed by atoms with Gasteiger partial charge in [0.2, 0.25) is 0 Å². The lowest BCUT2D eigenvalue weighted by atomic mass is 9.85. The molecule has 0 amide bonds. The fraction of sp³-hybridized carbons (Fsp3) is 0.600. The second-order valence-electron chi connectivity index (χ2n) is 5.15. The first-order chi connectivity index (χ1) is 10.1. The van der Waals surface area contributed by atoms with Crippen LogP contribution in [0.5, 0.6) is 5.75 Å². The highest BCUT2D eigenvalue weighted by Gasteiger charge is 2.44. The molecule has 1 fully saturated rings. The summed E-state index contributed by atoms with van der Waals surface area (Å²) in [6.07, 6.45) is 0.591. The second-order valence-corrected chi connectivity index (χ2v) is 5.15. The van der Waals surface area contributed by atoms with Gasteiger partial charge in [-0.1, -0.05) is 19.1 Å². The largest absolute Gasteiger partial charge is 0.481 e. The van der Waals surface area contributed by atoms with Crippen LogP contribution in [0.15, 0.2) is 18.2 Å². The summed E-state index contributed by atoms with van der Waals surface area (Å²) in [4.78, 5) is 10.8. The molecule has 2 rings (SSSR count). The van der Waals surface area contributed by atoms with E-state index in [1.165, 1.54) is 0 Å². The van der Waals surface area contributed by atoms with Gasteiger partial charge < -0.3 is 14.8 Å². The smallest absolute Gasteiger partial charge is 0.313 e. The van der Waals surface area contributed by atoms with Crippen LogP contribution in [0.25, 0.3) is 0 Å². The van der Waals surface area contributed by atoms with Gasteiger partial charge in [0.15, 0.2) is 5.75 Å². The van der Waals surface area contributed by atoms with E-state index in [0.717, 1.165) is 13.0 Å². The molecule has 0 aromatic heterocycles. The van der Waals surface area contributed by atoms with Crippen LogP contribution in [0.4, 0.5) is 5.69 Å². The Morgan fingerprint density at radius 2 is 2.19 bits per heavy atom. The molecular formula is C15H22N2O4. The number of likely N-dealkylation sites (N-methyl/N-ethyl adjacent to an activating group) is 1. The zero-order valence-electron chi connectivity index (χ0n) is 12.7. The van der Waals surface area contributed by atoms with E-state index < -0.39 is 0 Å². The maximum absolute atomic E-state index is 11.2. The minimum atomic E-state index is -0.388. The van der Waals surface area contributed by atoms with E-state index in [2.05, 4.69) is 5.32 Å². The topological polar surface area (TPSA) is 73.6 Å². The van der Waals surface area contributed by atoms with Crippen LogP contribution in [0.3, 0.4) is 0 Å². The number of ether oxygens (including phenoxy) is 2. The SMILES string of the molecule is CCNC1CC(Oc2cccc(C)c2[N+](=O)[O-])C1OCC. The van der Waals surface area contributed by atoms with Gasteiger partial charge in [0, 0.05) is 24.6 Å². The van der Waals surface area contributed by atoms with Crippen LogP contribution in [-0.2, 0) is 4.74 Å². The Kier molecular flexibility index (Phi) is 5.14.